The lowest BCUT2D eigenvalue weighted by Crippen LogP contribution is -2.30. The third kappa shape index (κ3) is 5.17. The molecule has 2 N–H and O–H groups in total. The zero-order valence-corrected chi connectivity index (χ0v) is 16.6. The van der Waals surface area contributed by atoms with Crippen LogP contribution in [0.1, 0.15) is 40.6 Å². The first-order chi connectivity index (χ1) is 13.0. The number of carbonyl (C=O) groups excluding carboxylic acids is 1. The molecule has 28 heavy (non-hydrogen) atoms. The lowest BCUT2D eigenvalue weighted by atomic mass is 10.1. The van der Waals surface area contributed by atoms with Gasteiger partial charge in [0.1, 0.15) is 12.4 Å². The summed E-state index contributed by atoms with van der Waals surface area (Å²) in [5.41, 5.74) is 2.12. The van der Waals surface area contributed by atoms with Crippen LogP contribution in [0.15, 0.2) is 18.2 Å². The van der Waals surface area contributed by atoms with Crippen molar-refractivity contribution in [2.45, 2.75) is 39.2 Å². The van der Waals surface area contributed by atoms with Crippen LogP contribution in [0.5, 0.6) is 5.75 Å². The predicted molar refractivity (Wildman–Crippen MR) is 104 cm³/mol. The van der Waals surface area contributed by atoms with Crippen LogP contribution in [0.3, 0.4) is 0 Å². The number of aryl methyl sites for hydroxylation is 1. The average Bonchev–Trinajstić information content (AvgIpc) is 3.04. The van der Waals surface area contributed by atoms with Gasteiger partial charge in [-0.15, -0.1) is 17.5 Å². The molecule has 1 amide bonds. The fourth-order valence-corrected chi connectivity index (χ4v) is 3.13. The number of ether oxygens (including phenoxy) is 1. The second kappa shape index (κ2) is 9.79. The van der Waals surface area contributed by atoms with E-state index >= 15 is 0 Å². The maximum Gasteiger partial charge on any atom is 0.278 e. The molecule has 0 atom stereocenters. The van der Waals surface area contributed by atoms with E-state index in [1.54, 1.807) is 19.1 Å². The van der Waals surface area contributed by atoms with Gasteiger partial charge in [-0.3, -0.25) is 4.79 Å². The van der Waals surface area contributed by atoms with Crippen LogP contribution >= 0.6 is 12.4 Å². The molecule has 0 spiro atoms. The highest BCUT2D eigenvalue weighted by molar-refractivity contribution is 6.03. The number of nitrogens with one attached hydrogen (secondary N) is 2. The van der Waals surface area contributed by atoms with Crippen molar-refractivity contribution >= 4 is 24.0 Å². The summed E-state index contributed by atoms with van der Waals surface area (Å²) in [6.45, 7) is 4.71. The Morgan fingerprint density at radius 1 is 1.36 bits per heavy atom. The largest absolute Gasteiger partial charge is 0.487 e. The highest BCUT2D eigenvalue weighted by Crippen LogP contribution is 2.24. The number of alkyl halides is 2. The molecule has 1 aliphatic rings. The van der Waals surface area contributed by atoms with Gasteiger partial charge in [0.25, 0.3) is 12.3 Å². The number of benzene rings is 1. The molecule has 3 rings (SSSR count). The summed E-state index contributed by atoms with van der Waals surface area (Å²) in [6.07, 6.45) is -0.683. The molecule has 1 fully saturated rings. The topological polar surface area (TPSA) is 81.1 Å². The van der Waals surface area contributed by atoms with Crippen molar-refractivity contribution in [2.24, 2.45) is 0 Å². The van der Waals surface area contributed by atoms with Crippen molar-refractivity contribution in [1.82, 2.24) is 20.3 Å². The molecule has 0 aliphatic carbocycles. The minimum absolute atomic E-state index is 0. The summed E-state index contributed by atoms with van der Waals surface area (Å²) in [5.74, 6) is -0.0838. The smallest absolute Gasteiger partial charge is 0.278 e. The molecule has 1 aliphatic heterocycles. The van der Waals surface area contributed by atoms with E-state index in [0.717, 1.165) is 25.9 Å². The number of nitrogens with zero attached hydrogens (tertiary/aromatic N) is 3. The van der Waals surface area contributed by atoms with E-state index in [0.29, 0.717) is 22.7 Å². The zero-order valence-electron chi connectivity index (χ0n) is 15.7. The van der Waals surface area contributed by atoms with Crippen molar-refractivity contribution < 1.29 is 18.3 Å². The lowest BCUT2D eigenvalue weighted by Gasteiger charge is -2.23. The summed E-state index contributed by atoms with van der Waals surface area (Å²) in [7, 11) is 0. The highest BCUT2D eigenvalue weighted by atomic mass is 35.5. The van der Waals surface area contributed by atoms with Crippen LogP contribution < -0.4 is 15.4 Å². The Morgan fingerprint density at radius 2 is 2.07 bits per heavy atom. The van der Waals surface area contributed by atoms with Crippen LogP contribution in [-0.4, -0.2) is 47.0 Å². The first-order valence-electron chi connectivity index (χ1n) is 8.91. The van der Waals surface area contributed by atoms with Gasteiger partial charge in [0.05, 0.1) is 11.7 Å². The Balaban J connectivity index is 0.00000280. The Bertz CT molecular complexity index is 809. The third-order valence-electron chi connectivity index (χ3n) is 4.61. The number of amides is 1. The average molecular weight is 416 g/mol. The standard InChI is InChI=1S/C18H23F2N5O2.ClH/c1-11-3-4-13(9-15(11)27-10-16(19)20)22-18(26)17-12(2)25(24-23-17)14-5-7-21-8-6-14;/h3-4,9,14,16,21H,5-8,10H2,1-2H3,(H,22,26);1H. The minimum atomic E-state index is -2.56. The summed E-state index contributed by atoms with van der Waals surface area (Å²) in [5, 5.41) is 14.2. The summed E-state index contributed by atoms with van der Waals surface area (Å²) in [4.78, 5) is 12.6. The molecule has 0 saturated carbocycles. The second-order valence-electron chi connectivity index (χ2n) is 6.59. The molecular formula is C18H24ClF2N5O2. The SMILES string of the molecule is Cc1ccc(NC(=O)c2nnn(C3CCNCC3)c2C)cc1OCC(F)F.Cl. The Hall–Kier alpha value is -2.26. The maximum atomic E-state index is 12.6. The fourth-order valence-electron chi connectivity index (χ4n) is 3.13. The molecule has 154 valence electrons. The predicted octanol–water partition coefficient (Wildman–Crippen LogP) is 3.14. The monoisotopic (exact) mass is 415 g/mol. The van der Waals surface area contributed by atoms with Crippen molar-refractivity contribution in [1.29, 1.82) is 0 Å². The fraction of sp³-hybridized carbons (Fsp3) is 0.500. The van der Waals surface area contributed by atoms with E-state index in [4.69, 9.17) is 4.74 Å². The Morgan fingerprint density at radius 3 is 2.75 bits per heavy atom. The number of hydrogen-bond acceptors (Lipinski definition) is 5. The van der Waals surface area contributed by atoms with E-state index in [-0.39, 0.29) is 24.1 Å². The summed E-state index contributed by atoms with van der Waals surface area (Å²) in [6, 6.07) is 5.15. The minimum Gasteiger partial charge on any atom is -0.487 e. The molecular weight excluding hydrogens is 392 g/mol. The van der Waals surface area contributed by atoms with Crippen LogP contribution in [0, 0.1) is 13.8 Å². The van der Waals surface area contributed by atoms with Crippen molar-refractivity contribution in [3.8, 4) is 5.75 Å². The molecule has 0 radical (unpaired) electrons. The zero-order chi connectivity index (χ0) is 19.4. The first-order valence-corrected chi connectivity index (χ1v) is 8.91. The number of rotatable bonds is 6. The molecule has 0 unspecified atom stereocenters. The van der Waals surface area contributed by atoms with E-state index in [1.807, 2.05) is 11.6 Å². The highest BCUT2D eigenvalue weighted by Gasteiger charge is 2.23. The van der Waals surface area contributed by atoms with Crippen LogP contribution in [0.25, 0.3) is 0 Å². The second-order valence-corrected chi connectivity index (χ2v) is 6.59. The van der Waals surface area contributed by atoms with Gasteiger partial charge in [-0.05, 0) is 51.4 Å². The van der Waals surface area contributed by atoms with Gasteiger partial charge in [-0.25, -0.2) is 13.5 Å². The molecule has 2 heterocycles. The number of anilines is 1. The van der Waals surface area contributed by atoms with Crippen molar-refractivity contribution in [3.63, 3.8) is 0 Å². The van der Waals surface area contributed by atoms with Crippen LogP contribution in [0.4, 0.5) is 14.5 Å². The quantitative estimate of drug-likeness (QED) is 0.757. The van der Waals surface area contributed by atoms with Gasteiger partial charge < -0.3 is 15.4 Å². The molecule has 1 aromatic carbocycles. The molecule has 0 bridgehead atoms. The van der Waals surface area contributed by atoms with Gasteiger partial charge in [0.2, 0.25) is 0 Å². The Kier molecular flexibility index (Phi) is 7.70. The van der Waals surface area contributed by atoms with Crippen molar-refractivity contribution in [3.05, 3.63) is 35.2 Å². The molecule has 1 aromatic heterocycles. The summed E-state index contributed by atoms with van der Waals surface area (Å²) < 4.78 is 31.6. The molecule has 1 saturated heterocycles. The van der Waals surface area contributed by atoms with Crippen LogP contribution in [-0.2, 0) is 0 Å². The third-order valence-corrected chi connectivity index (χ3v) is 4.61. The van der Waals surface area contributed by atoms with E-state index in [1.165, 1.54) is 6.07 Å². The van der Waals surface area contributed by atoms with Gasteiger partial charge in [-0.1, -0.05) is 11.3 Å². The van der Waals surface area contributed by atoms with E-state index in [2.05, 4.69) is 20.9 Å². The van der Waals surface area contributed by atoms with Crippen LogP contribution in [0.2, 0.25) is 0 Å². The van der Waals surface area contributed by atoms with E-state index in [9.17, 15) is 13.6 Å². The molecule has 10 heteroatoms. The van der Waals surface area contributed by atoms with E-state index < -0.39 is 18.9 Å². The van der Waals surface area contributed by atoms with Gasteiger partial charge in [-0.2, -0.15) is 0 Å². The Labute approximate surface area is 168 Å². The lowest BCUT2D eigenvalue weighted by molar-refractivity contribution is 0.0815. The normalized spacial score (nSPS) is 14.6. The molecule has 7 nitrogen and oxygen atoms in total. The maximum absolute atomic E-state index is 12.6. The van der Waals surface area contributed by atoms with Crippen molar-refractivity contribution in [2.75, 3.05) is 25.0 Å². The van der Waals surface area contributed by atoms with Gasteiger partial charge in [0.15, 0.2) is 5.69 Å². The molecule has 2 aromatic rings. The number of piperidine rings is 1. The number of hydrogen-bond donors (Lipinski definition) is 2. The van der Waals surface area contributed by atoms with Gasteiger partial charge >= 0.3 is 0 Å². The number of halogens is 3. The number of carbonyl (C=O) groups is 1. The number of aromatic nitrogens is 3. The first kappa shape index (κ1) is 22.0. The van der Waals surface area contributed by atoms with Gasteiger partial charge in [0, 0.05) is 11.8 Å². The summed E-state index contributed by atoms with van der Waals surface area (Å²) >= 11 is 0.